The summed E-state index contributed by atoms with van der Waals surface area (Å²) in [6.07, 6.45) is 2.85. The second-order valence-corrected chi connectivity index (χ2v) is 4.68. The van der Waals surface area contributed by atoms with Gasteiger partial charge in [-0.05, 0) is 43.3 Å². The predicted molar refractivity (Wildman–Crippen MR) is 79.5 cm³/mol. The van der Waals surface area contributed by atoms with Gasteiger partial charge in [-0.1, -0.05) is 11.6 Å². The molecule has 21 heavy (non-hydrogen) atoms. The maximum Gasteiger partial charge on any atom is 0.337 e. The summed E-state index contributed by atoms with van der Waals surface area (Å²) in [5.41, 5.74) is 0.395. The van der Waals surface area contributed by atoms with Crippen LogP contribution in [0.3, 0.4) is 0 Å². The quantitative estimate of drug-likeness (QED) is 0.846. The Hall–Kier alpha value is -2.53. The number of halogens is 1. The first kappa shape index (κ1) is 14.9. The van der Waals surface area contributed by atoms with Crippen molar-refractivity contribution in [3.8, 4) is 0 Å². The number of furan rings is 1. The van der Waals surface area contributed by atoms with Crippen molar-refractivity contribution in [1.82, 2.24) is 0 Å². The summed E-state index contributed by atoms with van der Waals surface area (Å²) in [6, 6.07) is 7.73. The van der Waals surface area contributed by atoms with Gasteiger partial charge in [-0.2, -0.15) is 0 Å². The van der Waals surface area contributed by atoms with Crippen molar-refractivity contribution in [3.05, 3.63) is 58.5 Å². The van der Waals surface area contributed by atoms with Gasteiger partial charge in [-0.15, -0.1) is 0 Å². The van der Waals surface area contributed by atoms with Gasteiger partial charge >= 0.3 is 5.97 Å². The van der Waals surface area contributed by atoms with Gasteiger partial charge in [0.2, 0.25) is 5.91 Å². The van der Waals surface area contributed by atoms with Crippen LogP contribution in [0.2, 0.25) is 5.02 Å². The molecule has 0 atom stereocenters. The van der Waals surface area contributed by atoms with Gasteiger partial charge in [-0.25, -0.2) is 4.79 Å². The summed E-state index contributed by atoms with van der Waals surface area (Å²) in [7, 11) is 0. The summed E-state index contributed by atoms with van der Waals surface area (Å²) in [5, 5.41) is 11.5. The molecule has 2 N–H and O–H groups in total. The van der Waals surface area contributed by atoms with E-state index in [0.717, 1.165) is 5.76 Å². The van der Waals surface area contributed by atoms with E-state index >= 15 is 0 Å². The van der Waals surface area contributed by atoms with E-state index in [-0.39, 0.29) is 16.5 Å². The van der Waals surface area contributed by atoms with Crippen LogP contribution in [0, 0.1) is 6.92 Å². The Morgan fingerprint density at radius 3 is 2.62 bits per heavy atom. The van der Waals surface area contributed by atoms with Crippen LogP contribution < -0.4 is 5.32 Å². The highest BCUT2D eigenvalue weighted by Crippen LogP contribution is 2.21. The number of hydrogen-bond donors (Lipinski definition) is 2. The fraction of sp³-hybridized carbons (Fsp3) is 0.0667. The smallest absolute Gasteiger partial charge is 0.337 e. The molecule has 6 heteroatoms. The molecule has 0 spiro atoms. The number of amides is 1. The standard InChI is InChI=1S/C15H12ClNO4/c1-9-2-4-11(21-9)5-7-14(18)17-10-3-6-12(15(19)20)13(16)8-10/h2-8H,1H3,(H,17,18)(H,19,20). The van der Waals surface area contributed by atoms with Gasteiger partial charge in [0.05, 0.1) is 10.6 Å². The van der Waals surface area contributed by atoms with Crippen LogP contribution in [0.15, 0.2) is 40.8 Å². The fourth-order valence-electron chi connectivity index (χ4n) is 1.65. The Labute approximate surface area is 125 Å². The third-order valence-corrected chi connectivity index (χ3v) is 2.94. The Kier molecular flexibility index (Phi) is 4.45. The molecular weight excluding hydrogens is 294 g/mol. The van der Waals surface area contributed by atoms with Gasteiger partial charge in [0.25, 0.3) is 0 Å². The zero-order valence-electron chi connectivity index (χ0n) is 11.1. The molecule has 0 fully saturated rings. The number of anilines is 1. The topological polar surface area (TPSA) is 79.5 Å². The fourth-order valence-corrected chi connectivity index (χ4v) is 1.91. The van der Waals surface area contributed by atoms with Crippen molar-refractivity contribution < 1.29 is 19.1 Å². The van der Waals surface area contributed by atoms with Crippen molar-refractivity contribution in [2.45, 2.75) is 6.92 Å². The van der Waals surface area contributed by atoms with E-state index in [0.29, 0.717) is 11.4 Å². The SMILES string of the molecule is Cc1ccc(C=CC(=O)Nc2ccc(C(=O)O)c(Cl)c2)o1. The number of hydrogen-bond acceptors (Lipinski definition) is 3. The first-order chi connectivity index (χ1) is 9.95. The molecule has 5 nitrogen and oxygen atoms in total. The van der Waals surface area contributed by atoms with E-state index in [1.165, 1.54) is 30.4 Å². The van der Waals surface area contributed by atoms with Crippen molar-refractivity contribution in [2.24, 2.45) is 0 Å². The number of nitrogens with one attached hydrogen (secondary N) is 1. The number of carbonyl (C=O) groups excluding carboxylic acids is 1. The molecule has 0 aliphatic rings. The van der Waals surface area contributed by atoms with E-state index in [9.17, 15) is 9.59 Å². The largest absolute Gasteiger partial charge is 0.478 e. The third-order valence-electron chi connectivity index (χ3n) is 2.63. The highest BCUT2D eigenvalue weighted by atomic mass is 35.5. The second kappa shape index (κ2) is 6.28. The van der Waals surface area contributed by atoms with Crippen LogP contribution in [0.4, 0.5) is 5.69 Å². The molecule has 1 heterocycles. The van der Waals surface area contributed by atoms with Crippen molar-refractivity contribution >= 4 is 35.2 Å². The molecular formula is C15H12ClNO4. The van der Waals surface area contributed by atoms with Crippen LogP contribution in [0.1, 0.15) is 21.9 Å². The van der Waals surface area contributed by atoms with Crippen LogP contribution in [0.5, 0.6) is 0 Å². The van der Waals surface area contributed by atoms with E-state index in [4.69, 9.17) is 21.1 Å². The summed E-state index contributed by atoms with van der Waals surface area (Å²) < 4.78 is 5.29. The minimum Gasteiger partial charge on any atom is -0.478 e. The lowest BCUT2D eigenvalue weighted by molar-refractivity contribution is -0.111. The minimum absolute atomic E-state index is 0.0173. The predicted octanol–water partition coefficient (Wildman–Crippen LogP) is 3.59. The lowest BCUT2D eigenvalue weighted by Gasteiger charge is -2.04. The number of carboxylic acid groups (broad SMARTS) is 1. The number of aromatic carboxylic acids is 1. The number of carbonyl (C=O) groups is 2. The van der Waals surface area contributed by atoms with Crippen LogP contribution in [-0.4, -0.2) is 17.0 Å². The molecule has 0 bridgehead atoms. The molecule has 1 aromatic carbocycles. The maximum atomic E-state index is 11.7. The molecule has 0 saturated heterocycles. The highest BCUT2D eigenvalue weighted by Gasteiger charge is 2.09. The molecule has 1 amide bonds. The summed E-state index contributed by atoms with van der Waals surface area (Å²) in [6.45, 7) is 1.81. The monoisotopic (exact) mass is 305 g/mol. The number of rotatable bonds is 4. The van der Waals surface area contributed by atoms with Gasteiger partial charge in [0.1, 0.15) is 11.5 Å². The Balaban J connectivity index is 2.04. The zero-order chi connectivity index (χ0) is 15.4. The average molecular weight is 306 g/mol. The van der Waals surface area contributed by atoms with Crippen LogP contribution >= 0.6 is 11.6 Å². The van der Waals surface area contributed by atoms with Crippen molar-refractivity contribution in [3.63, 3.8) is 0 Å². The molecule has 108 valence electrons. The first-order valence-electron chi connectivity index (χ1n) is 6.04. The number of carboxylic acids is 1. The van der Waals surface area contributed by atoms with Crippen LogP contribution in [-0.2, 0) is 4.79 Å². The molecule has 1 aromatic heterocycles. The van der Waals surface area contributed by atoms with E-state index < -0.39 is 5.97 Å². The van der Waals surface area contributed by atoms with E-state index in [1.54, 1.807) is 12.1 Å². The highest BCUT2D eigenvalue weighted by molar-refractivity contribution is 6.33. The van der Waals surface area contributed by atoms with Gasteiger partial charge < -0.3 is 14.8 Å². The van der Waals surface area contributed by atoms with Gasteiger partial charge in [0, 0.05) is 11.8 Å². The van der Waals surface area contributed by atoms with Crippen LogP contribution in [0.25, 0.3) is 6.08 Å². The number of benzene rings is 1. The zero-order valence-corrected chi connectivity index (χ0v) is 11.8. The van der Waals surface area contributed by atoms with E-state index in [2.05, 4.69) is 5.32 Å². The molecule has 2 rings (SSSR count). The van der Waals surface area contributed by atoms with Crippen molar-refractivity contribution in [1.29, 1.82) is 0 Å². The third kappa shape index (κ3) is 3.97. The molecule has 0 radical (unpaired) electrons. The van der Waals surface area contributed by atoms with Gasteiger partial charge in [-0.3, -0.25) is 4.79 Å². The Morgan fingerprint density at radius 1 is 1.29 bits per heavy atom. The molecule has 0 unspecified atom stereocenters. The maximum absolute atomic E-state index is 11.7. The average Bonchev–Trinajstić information content (AvgIpc) is 2.82. The second-order valence-electron chi connectivity index (χ2n) is 4.27. The molecule has 0 aliphatic heterocycles. The molecule has 2 aromatic rings. The number of aryl methyl sites for hydroxylation is 1. The van der Waals surface area contributed by atoms with Gasteiger partial charge in [0.15, 0.2) is 0 Å². The minimum atomic E-state index is -1.12. The summed E-state index contributed by atoms with van der Waals surface area (Å²) in [4.78, 5) is 22.5. The van der Waals surface area contributed by atoms with E-state index in [1.807, 2.05) is 6.92 Å². The lowest BCUT2D eigenvalue weighted by atomic mass is 10.2. The van der Waals surface area contributed by atoms with Crippen molar-refractivity contribution in [2.75, 3.05) is 5.32 Å². The Morgan fingerprint density at radius 2 is 2.05 bits per heavy atom. The molecule has 0 aliphatic carbocycles. The molecule has 0 saturated carbocycles. The Bertz CT molecular complexity index is 718. The normalized spacial score (nSPS) is 10.8. The lowest BCUT2D eigenvalue weighted by Crippen LogP contribution is -2.08. The summed E-state index contributed by atoms with van der Waals surface area (Å²) in [5.74, 6) is -0.165. The first-order valence-corrected chi connectivity index (χ1v) is 6.42. The summed E-state index contributed by atoms with van der Waals surface area (Å²) >= 11 is 5.82.